The maximum Gasteiger partial charge on any atom is 0.0931 e. The van der Waals surface area contributed by atoms with Crippen molar-refractivity contribution < 1.29 is 0 Å². The molecule has 1 saturated heterocycles. The molecule has 0 spiro atoms. The van der Waals surface area contributed by atoms with Crippen LogP contribution in [0.25, 0.3) is 0 Å². The number of halogens is 1. The van der Waals surface area contributed by atoms with E-state index in [0.29, 0.717) is 6.04 Å². The van der Waals surface area contributed by atoms with E-state index in [-0.39, 0.29) is 5.92 Å². The Balaban J connectivity index is 2.09. The minimum atomic E-state index is 0.158. The highest BCUT2D eigenvalue weighted by molar-refractivity contribution is 7.16. The molecule has 0 radical (unpaired) electrons. The molecule has 2 atom stereocenters. The molecule has 1 fully saturated rings. The summed E-state index contributed by atoms with van der Waals surface area (Å²) in [6, 6.07) is 6.55. The summed E-state index contributed by atoms with van der Waals surface area (Å²) in [6.45, 7) is 0.802. The number of nitrogens with one attached hydrogen (secondary N) is 1. The summed E-state index contributed by atoms with van der Waals surface area (Å²) in [5.74, 6) is 0.158. The SMILES string of the molecule is N#CC1CNC(c2ccc(Cl)s2)C1. The molecule has 2 unspecified atom stereocenters. The molecule has 13 heavy (non-hydrogen) atoms. The first kappa shape index (κ1) is 9.01. The molecule has 1 N–H and O–H groups in total. The third-order valence-corrected chi connectivity index (χ3v) is 3.60. The number of nitrogens with zero attached hydrogens (tertiary/aromatic N) is 1. The quantitative estimate of drug-likeness (QED) is 0.777. The molecule has 2 heterocycles. The van der Waals surface area contributed by atoms with E-state index in [4.69, 9.17) is 16.9 Å². The topological polar surface area (TPSA) is 35.8 Å². The summed E-state index contributed by atoms with van der Waals surface area (Å²) in [5, 5.41) is 12.0. The van der Waals surface area contributed by atoms with Crippen LogP contribution in [0.5, 0.6) is 0 Å². The Morgan fingerprint density at radius 3 is 3.00 bits per heavy atom. The molecule has 1 aliphatic rings. The maximum absolute atomic E-state index is 8.72. The minimum absolute atomic E-state index is 0.158. The standard InChI is InChI=1S/C9H9ClN2S/c10-9-2-1-8(13-9)7-3-6(4-11)5-12-7/h1-2,6-7,12H,3,5H2. The molecule has 1 aliphatic heterocycles. The maximum atomic E-state index is 8.72. The van der Waals surface area contributed by atoms with Gasteiger partial charge in [0.25, 0.3) is 0 Å². The Labute approximate surface area is 86.1 Å². The second-order valence-electron chi connectivity index (χ2n) is 3.16. The highest BCUT2D eigenvalue weighted by Crippen LogP contribution is 2.33. The summed E-state index contributed by atoms with van der Waals surface area (Å²) in [4.78, 5) is 1.24. The van der Waals surface area contributed by atoms with E-state index in [1.807, 2.05) is 12.1 Å². The van der Waals surface area contributed by atoms with Crippen LogP contribution in [0.15, 0.2) is 12.1 Å². The van der Waals surface area contributed by atoms with E-state index >= 15 is 0 Å². The molecule has 0 amide bonds. The van der Waals surface area contributed by atoms with Crippen LogP contribution in [0.3, 0.4) is 0 Å². The molecule has 0 saturated carbocycles. The summed E-state index contributed by atoms with van der Waals surface area (Å²) in [7, 11) is 0. The summed E-state index contributed by atoms with van der Waals surface area (Å²) < 4.78 is 0.817. The number of hydrogen-bond acceptors (Lipinski definition) is 3. The van der Waals surface area contributed by atoms with Crippen molar-refractivity contribution >= 4 is 22.9 Å². The van der Waals surface area contributed by atoms with Crippen LogP contribution in [0.2, 0.25) is 4.34 Å². The fraction of sp³-hybridized carbons (Fsp3) is 0.444. The molecule has 4 heteroatoms. The van der Waals surface area contributed by atoms with Crippen molar-refractivity contribution in [1.29, 1.82) is 5.26 Å². The van der Waals surface area contributed by atoms with Gasteiger partial charge in [0.15, 0.2) is 0 Å². The average molecular weight is 213 g/mol. The average Bonchev–Trinajstić information content (AvgIpc) is 2.71. The van der Waals surface area contributed by atoms with Gasteiger partial charge >= 0.3 is 0 Å². The first-order valence-electron chi connectivity index (χ1n) is 4.18. The second kappa shape index (κ2) is 3.67. The van der Waals surface area contributed by atoms with Crippen LogP contribution < -0.4 is 5.32 Å². The van der Waals surface area contributed by atoms with Crippen LogP contribution in [-0.2, 0) is 0 Å². The fourth-order valence-corrected chi connectivity index (χ4v) is 2.72. The van der Waals surface area contributed by atoms with Crippen LogP contribution in [0.1, 0.15) is 17.3 Å². The number of hydrogen-bond donors (Lipinski definition) is 1. The molecule has 0 aromatic carbocycles. The third-order valence-electron chi connectivity index (χ3n) is 2.25. The van der Waals surface area contributed by atoms with E-state index in [2.05, 4.69) is 11.4 Å². The predicted molar refractivity (Wildman–Crippen MR) is 53.8 cm³/mol. The minimum Gasteiger partial charge on any atom is -0.308 e. The van der Waals surface area contributed by atoms with E-state index < -0.39 is 0 Å². The highest BCUT2D eigenvalue weighted by atomic mass is 35.5. The predicted octanol–water partition coefficient (Wildman–Crippen LogP) is 2.58. The molecule has 0 bridgehead atoms. The highest BCUT2D eigenvalue weighted by Gasteiger charge is 2.25. The molecular weight excluding hydrogens is 204 g/mol. The van der Waals surface area contributed by atoms with Gasteiger partial charge in [0.1, 0.15) is 0 Å². The third kappa shape index (κ3) is 1.86. The Kier molecular flexibility index (Phi) is 2.54. The van der Waals surface area contributed by atoms with Crippen molar-refractivity contribution in [2.75, 3.05) is 6.54 Å². The lowest BCUT2D eigenvalue weighted by atomic mass is 10.1. The molecule has 1 aromatic rings. The zero-order chi connectivity index (χ0) is 9.26. The normalized spacial score (nSPS) is 27.4. The zero-order valence-electron chi connectivity index (χ0n) is 6.96. The van der Waals surface area contributed by atoms with Gasteiger partial charge in [-0.3, -0.25) is 0 Å². The van der Waals surface area contributed by atoms with E-state index in [1.165, 1.54) is 4.88 Å². The Morgan fingerprint density at radius 1 is 1.62 bits per heavy atom. The first-order chi connectivity index (χ1) is 6.29. The van der Waals surface area contributed by atoms with Crippen molar-refractivity contribution in [1.82, 2.24) is 5.32 Å². The lowest BCUT2D eigenvalue weighted by molar-refractivity contribution is 0.651. The summed E-state index contributed by atoms with van der Waals surface area (Å²) >= 11 is 7.43. The summed E-state index contributed by atoms with van der Waals surface area (Å²) in [5.41, 5.74) is 0. The van der Waals surface area contributed by atoms with Crippen LogP contribution >= 0.6 is 22.9 Å². The van der Waals surface area contributed by atoms with Crippen LogP contribution in [-0.4, -0.2) is 6.54 Å². The Hall–Kier alpha value is -0.560. The largest absolute Gasteiger partial charge is 0.308 e. The molecule has 0 aliphatic carbocycles. The molecule has 2 rings (SSSR count). The first-order valence-corrected chi connectivity index (χ1v) is 5.37. The monoisotopic (exact) mass is 212 g/mol. The van der Waals surface area contributed by atoms with Gasteiger partial charge in [-0.2, -0.15) is 5.26 Å². The number of rotatable bonds is 1. The van der Waals surface area contributed by atoms with Crippen LogP contribution in [0.4, 0.5) is 0 Å². The van der Waals surface area contributed by atoms with Crippen molar-refractivity contribution in [2.24, 2.45) is 5.92 Å². The zero-order valence-corrected chi connectivity index (χ0v) is 8.53. The van der Waals surface area contributed by atoms with Crippen molar-refractivity contribution in [3.63, 3.8) is 0 Å². The van der Waals surface area contributed by atoms with Gasteiger partial charge < -0.3 is 5.32 Å². The molecule has 1 aromatic heterocycles. The van der Waals surface area contributed by atoms with Gasteiger partial charge in [0, 0.05) is 17.5 Å². The Bertz CT molecular complexity index is 342. The van der Waals surface area contributed by atoms with Crippen LogP contribution in [0, 0.1) is 17.2 Å². The van der Waals surface area contributed by atoms with Gasteiger partial charge in [-0.15, -0.1) is 11.3 Å². The Morgan fingerprint density at radius 2 is 2.46 bits per heavy atom. The molecule has 2 nitrogen and oxygen atoms in total. The van der Waals surface area contributed by atoms with Crippen molar-refractivity contribution in [3.8, 4) is 6.07 Å². The molecular formula is C9H9ClN2S. The smallest absolute Gasteiger partial charge is 0.0931 e. The van der Waals surface area contributed by atoms with Crippen molar-refractivity contribution in [3.05, 3.63) is 21.3 Å². The van der Waals surface area contributed by atoms with E-state index in [9.17, 15) is 0 Å². The lowest BCUT2D eigenvalue weighted by Crippen LogP contribution is -2.12. The second-order valence-corrected chi connectivity index (χ2v) is 4.91. The van der Waals surface area contributed by atoms with E-state index in [0.717, 1.165) is 17.3 Å². The van der Waals surface area contributed by atoms with Gasteiger partial charge in [-0.1, -0.05) is 11.6 Å². The van der Waals surface area contributed by atoms with Gasteiger partial charge in [-0.25, -0.2) is 0 Å². The number of thiophene rings is 1. The fourth-order valence-electron chi connectivity index (χ4n) is 1.57. The van der Waals surface area contributed by atoms with E-state index in [1.54, 1.807) is 11.3 Å². The van der Waals surface area contributed by atoms with Gasteiger partial charge in [-0.05, 0) is 18.6 Å². The van der Waals surface area contributed by atoms with Gasteiger partial charge in [0.2, 0.25) is 0 Å². The number of nitriles is 1. The van der Waals surface area contributed by atoms with Gasteiger partial charge in [0.05, 0.1) is 16.3 Å². The molecule has 68 valence electrons. The summed E-state index contributed by atoms with van der Waals surface area (Å²) in [6.07, 6.45) is 0.910. The lowest BCUT2D eigenvalue weighted by Gasteiger charge is -2.05. The van der Waals surface area contributed by atoms with Crippen molar-refractivity contribution in [2.45, 2.75) is 12.5 Å².